The number of hydrogen-bond acceptors (Lipinski definition) is 2. The Bertz CT molecular complexity index is 551. The predicted octanol–water partition coefficient (Wildman–Crippen LogP) is 4.46. The summed E-state index contributed by atoms with van der Waals surface area (Å²) in [7, 11) is 0. The van der Waals surface area contributed by atoms with Crippen molar-refractivity contribution in [2.75, 3.05) is 0 Å². The summed E-state index contributed by atoms with van der Waals surface area (Å²) in [4.78, 5) is 9.00. The molecule has 0 fully saturated rings. The van der Waals surface area contributed by atoms with Gasteiger partial charge in [-0.1, -0.05) is 55.3 Å². The average molecular weight is 275 g/mol. The van der Waals surface area contributed by atoms with Crippen molar-refractivity contribution in [2.45, 2.75) is 40.0 Å². The highest BCUT2D eigenvalue weighted by Gasteiger charge is 2.13. The van der Waals surface area contributed by atoms with E-state index in [0.29, 0.717) is 11.1 Å². The van der Waals surface area contributed by atoms with Crippen molar-refractivity contribution < 1.29 is 0 Å². The lowest BCUT2D eigenvalue weighted by atomic mass is 10.0. The zero-order chi connectivity index (χ0) is 14.0. The molecule has 0 saturated carbocycles. The minimum absolute atomic E-state index is 0.348. The summed E-state index contributed by atoms with van der Waals surface area (Å²) in [6.45, 7) is 8.30. The Labute approximate surface area is 119 Å². The minimum Gasteiger partial charge on any atom is -0.237 e. The SMILES string of the molecule is Cc1ccc(Cc2nc(C)c(C(C)C)c(Cl)n2)cc1. The maximum absolute atomic E-state index is 6.27. The molecule has 0 atom stereocenters. The summed E-state index contributed by atoms with van der Waals surface area (Å²) in [5.74, 6) is 1.14. The molecule has 1 aromatic heterocycles. The van der Waals surface area contributed by atoms with Gasteiger partial charge in [-0.15, -0.1) is 0 Å². The molecule has 3 heteroatoms. The fraction of sp³-hybridized carbons (Fsp3) is 0.375. The van der Waals surface area contributed by atoms with Crippen molar-refractivity contribution in [1.29, 1.82) is 0 Å². The van der Waals surface area contributed by atoms with Gasteiger partial charge in [-0.05, 0) is 25.3 Å². The molecule has 2 rings (SSSR count). The first-order chi connectivity index (χ1) is 8.97. The van der Waals surface area contributed by atoms with Gasteiger partial charge in [0, 0.05) is 17.7 Å². The Kier molecular flexibility index (Phi) is 4.20. The van der Waals surface area contributed by atoms with E-state index in [4.69, 9.17) is 11.6 Å². The van der Waals surface area contributed by atoms with Gasteiger partial charge in [0.15, 0.2) is 0 Å². The number of hydrogen-bond donors (Lipinski definition) is 0. The molecule has 0 unspecified atom stereocenters. The van der Waals surface area contributed by atoms with Crippen molar-refractivity contribution in [3.63, 3.8) is 0 Å². The molecule has 0 aliphatic carbocycles. The molecule has 0 N–H and O–H groups in total. The van der Waals surface area contributed by atoms with Gasteiger partial charge in [0.1, 0.15) is 11.0 Å². The summed E-state index contributed by atoms with van der Waals surface area (Å²) >= 11 is 6.27. The third kappa shape index (κ3) is 3.32. The van der Waals surface area contributed by atoms with Gasteiger partial charge in [0.25, 0.3) is 0 Å². The van der Waals surface area contributed by atoms with Crippen LogP contribution < -0.4 is 0 Å². The van der Waals surface area contributed by atoms with Crippen molar-refractivity contribution in [3.8, 4) is 0 Å². The lowest BCUT2D eigenvalue weighted by Crippen LogP contribution is -2.05. The summed E-state index contributed by atoms with van der Waals surface area (Å²) in [6.07, 6.45) is 0.721. The van der Waals surface area contributed by atoms with Crippen LogP contribution in [0.1, 0.15) is 48.0 Å². The van der Waals surface area contributed by atoms with E-state index in [9.17, 15) is 0 Å². The number of rotatable bonds is 3. The van der Waals surface area contributed by atoms with Crippen LogP contribution >= 0.6 is 11.6 Å². The largest absolute Gasteiger partial charge is 0.237 e. The first-order valence-corrected chi connectivity index (χ1v) is 6.93. The number of aryl methyl sites for hydroxylation is 2. The molecule has 0 amide bonds. The van der Waals surface area contributed by atoms with Crippen LogP contribution in [0.4, 0.5) is 0 Å². The monoisotopic (exact) mass is 274 g/mol. The molecular weight excluding hydrogens is 256 g/mol. The van der Waals surface area contributed by atoms with E-state index in [0.717, 1.165) is 23.5 Å². The average Bonchev–Trinajstić information content (AvgIpc) is 2.30. The van der Waals surface area contributed by atoms with E-state index in [2.05, 4.69) is 55.0 Å². The number of halogens is 1. The van der Waals surface area contributed by atoms with E-state index in [-0.39, 0.29) is 0 Å². The van der Waals surface area contributed by atoms with Crippen molar-refractivity contribution in [1.82, 2.24) is 9.97 Å². The first-order valence-electron chi connectivity index (χ1n) is 6.56. The topological polar surface area (TPSA) is 25.8 Å². The molecule has 19 heavy (non-hydrogen) atoms. The summed E-state index contributed by atoms with van der Waals surface area (Å²) < 4.78 is 0. The molecule has 2 aromatic rings. The lowest BCUT2D eigenvalue weighted by Gasteiger charge is -2.12. The quantitative estimate of drug-likeness (QED) is 0.772. The minimum atomic E-state index is 0.348. The Hall–Kier alpha value is -1.41. The first kappa shape index (κ1) is 14.0. The molecule has 2 nitrogen and oxygen atoms in total. The molecule has 0 bridgehead atoms. The molecule has 100 valence electrons. The highest BCUT2D eigenvalue weighted by Crippen LogP contribution is 2.25. The molecule has 0 aliphatic heterocycles. The van der Waals surface area contributed by atoms with E-state index in [1.807, 2.05) is 6.92 Å². The molecule has 0 spiro atoms. The summed E-state index contributed by atoms with van der Waals surface area (Å²) in [5, 5.41) is 0.588. The van der Waals surface area contributed by atoms with Crippen LogP contribution in [0.15, 0.2) is 24.3 Å². The molecule has 0 saturated heterocycles. The molecule has 1 heterocycles. The van der Waals surface area contributed by atoms with Gasteiger partial charge in [0.2, 0.25) is 0 Å². The summed E-state index contributed by atoms with van der Waals surface area (Å²) in [5.41, 5.74) is 4.50. The van der Waals surface area contributed by atoms with E-state index < -0.39 is 0 Å². The Morgan fingerprint density at radius 1 is 1.05 bits per heavy atom. The van der Waals surface area contributed by atoms with E-state index in [1.54, 1.807) is 0 Å². The second kappa shape index (κ2) is 5.70. The number of benzene rings is 1. The van der Waals surface area contributed by atoms with Crippen LogP contribution in [0, 0.1) is 13.8 Å². The highest BCUT2D eigenvalue weighted by atomic mass is 35.5. The zero-order valence-corrected chi connectivity index (χ0v) is 12.6. The van der Waals surface area contributed by atoms with E-state index in [1.165, 1.54) is 11.1 Å². The van der Waals surface area contributed by atoms with Gasteiger partial charge in [-0.25, -0.2) is 9.97 Å². The van der Waals surface area contributed by atoms with Gasteiger partial charge < -0.3 is 0 Å². The second-order valence-corrected chi connectivity index (χ2v) is 5.60. The fourth-order valence-corrected chi connectivity index (χ4v) is 2.68. The highest BCUT2D eigenvalue weighted by molar-refractivity contribution is 6.30. The van der Waals surface area contributed by atoms with Crippen LogP contribution in [-0.4, -0.2) is 9.97 Å². The van der Waals surface area contributed by atoms with E-state index >= 15 is 0 Å². The van der Waals surface area contributed by atoms with Crippen LogP contribution in [0.3, 0.4) is 0 Å². The van der Waals surface area contributed by atoms with Gasteiger partial charge >= 0.3 is 0 Å². The smallest absolute Gasteiger partial charge is 0.136 e. The normalized spacial score (nSPS) is 11.1. The third-order valence-electron chi connectivity index (χ3n) is 3.20. The van der Waals surface area contributed by atoms with Crippen LogP contribution in [-0.2, 0) is 6.42 Å². The van der Waals surface area contributed by atoms with Crippen molar-refractivity contribution in [2.24, 2.45) is 0 Å². The second-order valence-electron chi connectivity index (χ2n) is 5.25. The van der Waals surface area contributed by atoms with Gasteiger partial charge in [0.05, 0.1) is 0 Å². The maximum Gasteiger partial charge on any atom is 0.136 e. The van der Waals surface area contributed by atoms with Gasteiger partial charge in [-0.2, -0.15) is 0 Å². The Morgan fingerprint density at radius 3 is 2.21 bits per heavy atom. The molecule has 1 aromatic carbocycles. The van der Waals surface area contributed by atoms with Crippen molar-refractivity contribution >= 4 is 11.6 Å². The standard InChI is InChI=1S/C16H19ClN2/c1-10(2)15-12(4)18-14(19-16(15)17)9-13-7-5-11(3)6-8-13/h5-8,10H,9H2,1-4H3. The predicted molar refractivity (Wildman–Crippen MR) is 79.9 cm³/mol. The van der Waals surface area contributed by atoms with Gasteiger partial charge in [-0.3, -0.25) is 0 Å². The lowest BCUT2D eigenvalue weighted by molar-refractivity contribution is 0.810. The van der Waals surface area contributed by atoms with Crippen LogP contribution in [0.25, 0.3) is 0 Å². The maximum atomic E-state index is 6.27. The van der Waals surface area contributed by atoms with Crippen molar-refractivity contribution in [3.05, 3.63) is 57.6 Å². The summed E-state index contributed by atoms with van der Waals surface area (Å²) in [6, 6.07) is 8.43. The number of aromatic nitrogens is 2. The molecule has 0 aliphatic rings. The molecule has 0 radical (unpaired) electrons. The van der Waals surface area contributed by atoms with Crippen LogP contribution in [0.2, 0.25) is 5.15 Å². The number of nitrogens with zero attached hydrogens (tertiary/aromatic N) is 2. The zero-order valence-electron chi connectivity index (χ0n) is 11.9. The molecular formula is C16H19ClN2. The Morgan fingerprint density at radius 2 is 1.68 bits per heavy atom. The Balaban J connectivity index is 2.29. The fourth-order valence-electron chi connectivity index (χ4n) is 2.23. The third-order valence-corrected chi connectivity index (χ3v) is 3.48. The van der Waals surface area contributed by atoms with Crippen LogP contribution in [0.5, 0.6) is 0 Å².